The van der Waals surface area contributed by atoms with Gasteiger partial charge in [0.05, 0.1) is 12.3 Å². The lowest BCUT2D eigenvalue weighted by Gasteiger charge is -1.87. The normalized spacial score (nSPS) is 9.10. The van der Waals surface area contributed by atoms with Crippen LogP contribution >= 0.6 is 0 Å². The zero-order valence-corrected chi connectivity index (χ0v) is 5.58. The summed E-state index contributed by atoms with van der Waals surface area (Å²) < 4.78 is 4.96. The maximum absolute atomic E-state index is 8.19. The Morgan fingerprint density at radius 3 is 3.20 bits per heavy atom. The lowest BCUT2D eigenvalue weighted by Crippen LogP contribution is -1.82. The molecule has 0 N–H and O–H groups in total. The van der Waals surface area contributed by atoms with E-state index in [0.29, 0.717) is 6.42 Å². The van der Waals surface area contributed by atoms with Gasteiger partial charge in [0.25, 0.3) is 0 Å². The Bertz CT molecular complexity index is 210. The van der Waals surface area contributed by atoms with Crippen molar-refractivity contribution in [2.45, 2.75) is 19.3 Å². The molecule has 0 aliphatic heterocycles. The van der Waals surface area contributed by atoms with Gasteiger partial charge in [0, 0.05) is 12.8 Å². The molecule has 1 aromatic heterocycles. The van der Waals surface area contributed by atoms with Gasteiger partial charge in [-0.3, -0.25) is 0 Å². The van der Waals surface area contributed by atoms with E-state index < -0.39 is 0 Å². The van der Waals surface area contributed by atoms with E-state index in [1.807, 2.05) is 0 Å². The lowest BCUT2D eigenvalue weighted by molar-refractivity contribution is 0.488. The Morgan fingerprint density at radius 2 is 2.60 bits per heavy atom. The molecule has 3 heteroatoms. The van der Waals surface area contributed by atoms with Crippen LogP contribution in [0.3, 0.4) is 0 Å². The first-order valence-corrected chi connectivity index (χ1v) is 3.19. The summed E-state index contributed by atoms with van der Waals surface area (Å²) in [7, 11) is 0. The summed E-state index contributed by atoms with van der Waals surface area (Å²) in [5.41, 5.74) is 0. The van der Waals surface area contributed by atoms with Crippen LogP contribution < -0.4 is 0 Å². The van der Waals surface area contributed by atoms with Gasteiger partial charge in [0.2, 0.25) is 0 Å². The molecular formula is C7H8N2O. The molecule has 0 saturated heterocycles. The van der Waals surface area contributed by atoms with Gasteiger partial charge in [-0.2, -0.15) is 5.26 Å². The minimum Gasteiger partial charge on any atom is -0.449 e. The largest absolute Gasteiger partial charge is 0.449 e. The molecule has 0 radical (unpaired) electrons. The van der Waals surface area contributed by atoms with E-state index in [-0.39, 0.29) is 0 Å². The number of aromatic nitrogens is 1. The average Bonchev–Trinajstić information content (AvgIpc) is 2.41. The molecule has 1 rings (SSSR count). The molecule has 0 saturated carbocycles. The quantitative estimate of drug-likeness (QED) is 0.592. The van der Waals surface area contributed by atoms with Gasteiger partial charge >= 0.3 is 0 Å². The van der Waals surface area contributed by atoms with Crippen molar-refractivity contribution in [3.05, 3.63) is 18.4 Å². The van der Waals surface area contributed by atoms with E-state index >= 15 is 0 Å². The maximum Gasteiger partial charge on any atom is 0.193 e. The molecule has 0 atom stereocenters. The first kappa shape index (κ1) is 6.81. The van der Waals surface area contributed by atoms with Gasteiger partial charge in [-0.05, 0) is 6.42 Å². The molecule has 0 spiro atoms. The summed E-state index contributed by atoms with van der Waals surface area (Å²) in [4.78, 5) is 3.91. The summed E-state index contributed by atoms with van der Waals surface area (Å²) >= 11 is 0. The van der Waals surface area contributed by atoms with E-state index in [2.05, 4.69) is 11.1 Å². The second kappa shape index (κ2) is 3.67. The molecule has 0 unspecified atom stereocenters. The Hall–Kier alpha value is -1.30. The lowest BCUT2D eigenvalue weighted by atomic mass is 10.2. The molecule has 10 heavy (non-hydrogen) atoms. The van der Waals surface area contributed by atoms with Crippen molar-refractivity contribution in [2.75, 3.05) is 0 Å². The molecule has 0 aliphatic rings. The molecule has 3 nitrogen and oxygen atoms in total. The number of oxazole rings is 1. The molecule has 1 heterocycles. The average molecular weight is 136 g/mol. The van der Waals surface area contributed by atoms with Crippen LogP contribution in [0.2, 0.25) is 0 Å². The fourth-order valence-electron chi connectivity index (χ4n) is 0.695. The molecule has 1 aromatic rings. The maximum atomic E-state index is 8.19. The van der Waals surface area contributed by atoms with Gasteiger partial charge in [-0.1, -0.05) is 0 Å². The smallest absolute Gasteiger partial charge is 0.193 e. The third kappa shape index (κ3) is 1.90. The minimum absolute atomic E-state index is 0.572. The van der Waals surface area contributed by atoms with Crippen LogP contribution in [0.5, 0.6) is 0 Å². The summed E-state index contributed by atoms with van der Waals surface area (Å²) in [6.45, 7) is 0. The number of hydrogen-bond donors (Lipinski definition) is 0. The zero-order valence-electron chi connectivity index (χ0n) is 5.58. The van der Waals surface area contributed by atoms with Crippen molar-refractivity contribution in [1.29, 1.82) is 5.26 Å². The predicted molar refractivity (Wildman–Crippen MR) is 35.1 cm³/mol. The van der Waals surface area contributed by atoms with Crippen molar-refractivity contribution in [3.63, 3.8) is 0 Å². The second-order valence-corrected chi connectivity index (χ2v) is 1.94. The van der Waals surface area contributed by atoms with Gasteiger partial charge in [-0.25, -0.2) is 4.98 Å². The summed E-state index contributed by atoms with van der Waals surface area (Å²) in [5, 5.41) is 8.19. The molecule has 0 aliphatic carbocycles. The van der Waals surface area contributed by atoms with E-state index in [1.54, 1.807) is 12.5 Å². The van der Waals surface area contributed by atoms with E-state index in [9.17, 15) is 0 Å². The Morgan fingerprint density at radius 1 is 1.70 bits per heavy atom. The van der Waals surface area contributed by atoms with Crippen LogP contribution in [0.25, 0.3) is 0 Å². The number of hydrogen-bond acceptors (Lipinski definition) is 3. The number of rotatable bonds is 3. The minimum atomic E-state index is 0.572. The van der Waals surface area contributed by atoms with Crippen molar-refractivity contribution in [1.82, 2.24) is 4.98 Å². The monoisotopic (exact) mass is 136 g/mol. The highest BCUT2D eigenvalue weighted by Gasteiger charge is 1.94. The van der Waals surface area contributed by atoms with Crippen molar-refractivity contribution in [3.8, 4) is 6.07 Å². The van der Waals surface area contributed by atoms with Gasteiger partial charge in [0.15, 0.2) is 5.89 Å². The van der Waals surface area contributed by atoms with Crippen molar-refractivity contribution >= 4 is 0 Å². The summed E-state index contributed by atoms with van der Waals surface area (Å²) in [6, 6.07) is 2.06. The van der Waals surface area contributed by atoms with Crippen LogP contribution in [-0.2, 0) is 6.42 Å². The molecule has 0 bridgehead atoms. The van der Waals surface area contributed by atoms with Crippen molar-refractivity contribution < 1.29 is 4.42 Å². The molecule has 0 amide bonds. The van der Waals surface area contributed by atoms with Crippen LogP contribution in [0, 0.1) is 11.3 Å². The van der Waals surface area contributed by atoms with Gasteiger partial charge in [-0.15, -0.1) is 0 Å². The highest BCUT2D eigenvalue weighted by Crippen LogP contribution is 2.00. The molecule has 52 valence electrons. The van der Waals surface area contributed by atoms with Crippen LogP contribution in [0.4, 0.5) is 0 Å². The molecular weight excluding hydrogens is 128 g/mol. The fraction of sp³-hybridized carbons (Fsp3) is 0.429. The molecule has 0 aromatic carbocycles. The fourth-order valence-corrected chi connectivity index (χ4v) is 0.695. The zero-order chi connectivity index (χ0) is 7.23. The number of unbranched alkanes of at least 4 members (excludes halogenated alkanes) is 1. The van der Waals surface area contributed by atoms with Gasteiger partial charge in [0.1, 0.15) is 6.26 Å². The van der Waals surface area contributed by atoms with Gasteiger partial charge < -0.3 is 4.42 Å². The highest BCUT2D eigenvalue weighted by atomic mass is 16.3. The van der Waals surface area contributed by atoms with Crippen molar-refractivity contribution in [2.24, 2.45) is 0 Å². The van der Waals surface area contributed by atoms with Crippen LogP contribution in [0.15, 0.2) is 16.9 Å². The van der Waals surface area contributed by atoms with E-state index in [1.165, 1.54) is 0 Å². The Balaban J connectivity index is 2.23. The topological polar surface area (TPSA) is 49.8 Å². The number of nitrogens with zero attached hydrogens (tertiary/aromatic N) is 2. The molecule has 0 fully saturated rings. The standard InChI is InChI=1S/C7H8N2O/c8-4-2-1-3-7-9-5-6-10-7/h5-6H,1-3H2. The summed E-state index contributed by atoms with van der Waals surface area (Å²) in [5.74, 6) is 0.718. The Kier molecular flexibility index (Phi) is 2.50. The van der Waals surface area contributed by atoms with E-state index in [0.717, 1.165) is 18.7 Å². The third-order valence-electron chi connectivity index (χ3n) is 1.16. The van der Waals surface area contributed by atoms with Crippen LogP contribution in [0.1, 0.15) is 18.7 Å². The third-order valence-corrected chi connectivity index (χ3v) is 1.16. The SMILES string of the molecule is N#CCCCc1ncco1. The number of nitriles is 1. The van der Waals surface area contributed by atoms with E-state index in [4.69, 9.17) is 9.68 Å². The second-order valence-electron chi connectivity index (χ2n) is 1.94. The first-order valence-electron chi connectivity index (χ1n) is 3.19. The Labute approximate surface area is 59.3 Å². The number of aryl methyl sites for hydroxylation is 1. The first-order chi connectivity index (χ1) is 4.93. The van der Waals surface area contributed by atoms with Crippen LogP contribution in [-0.4, -0.2) is 4.98 Å². The summed E-state index contributed by atoms with van der Waals surface area (Å²) in [6.07, 6.45) is 5.32. The predicted octanol–water partition coefficient (Wildman–Crippen LogP) is 1.52. The highest BCUT2D eigenvalue weighted by molar-refractivity contribution is 4.81.